The monoisotopic (exact) mass is 266 g/mol. The van der Waals surface area contributed by atoms with Crippen molar-refractivity contribution >= 4 is 18.3 Å². The highest BCUT2D eigenvalue weighted by atomic mass is 35.5. The van der Waals surface area contributed by atoms with E-state index >= 15 is 0 Å². The third kappa shape index (κ3) is 5.21. The first kappa shape index (κ1) is 16.6. The van der Waals surface area contributed by atoms with Gasteiger partial charge >= 0.3 is 0 Å². The summed E-state index contributed by atoms with van der Waals surface area (Å²) in [4.78, 5) is 11.6. The lowest BCUT2D eigenvalue weighted by molar-refractivity contribution is -0.123. The Kier molecular flexibility index (Phi) is 7.70. The van der Waals surface area contributed by atoms with Gasteiger partial charge in [0.1, 0.15) is 0 Å². The molecule has 0 bridgehead atoms. The molecule has 4 unspecified atom stereocenters. The van der Waals surface area contributed by atoms with Crippen LogP contribution in [0.3, 0.4) is 0 Å². The van der Waals surface area contributed by atoms with Gasteiger partial charge in [0, 0.05) is 13.1 Å². The molecule has 17 heavy (non-hydrogen) atoms. The van der Waals surface area contributed by atoms with Crippen molar-refractivity contribution in [2.45, 2.75) is 44.9 Å². The SMILES string of the molecule is CCC(C)C(O)CNC(=O)C1CC(O)CN1.Cl. The first-order chi connectivity index (χ1) is 7.54. The number of carbonyl (C=O) groups is 1. The van der Waals surface area contributed by atoms with Gasteiger partial charge < -0.3 is 20.8 Å². The van der Waals surface area contributed by atoms with E-state index in [1.165, 1.54) is 0 Å². The molecule has 102 valence electrons. The summed E-state index contributed by atoms with van der Waals surface area (Å²) in [5.41, 5.74) is 0. The molecule has 0 aromatic carbocycles. The summed E-state index contributed by atoms with van der Waals surface area (Å²) in [7, 11) is 0. The second-order valence-electron chi connectivity index (χ2n) is 4.55. The first-order valence-corrected chi connectivity index (χ1v) is 5.91. The van der Waals surface area contributed by atoms with E-state index in [1.807, 2.05) is 13.8 Å². The number of β-amino-alcohol motifs (C(OH)–C–C–N with tert-alkyl or cyclic N) is 1. The van der Waals surface area contributed by atoms with Gasteiger partial charge in [-0.15, -0.1) is 12.4 Å². The number of hydrogen-bond donors (Lipinski definition) is 4. The lowest BCUT2D eigenvalue weighted by atomic mass is 10.0. The molecule has 1 rings (SSSR count). The number of nitrogens with one attached hydrogen (secondary N) is 2. The lowest BCUT2D eigenvalue weighted by Crippen LogP contribution is -2.44. The normalized spacial score (nSPS) is 27.1. The second kappa shape index (κ2) is 7.87. The van der Waals surface area contributed by atoms with Crippen LogP contribution in [0.5, 0.6) is 0 Å². The van der Waals surface area contributed by atoms with Crippen LogP contribution in [-0.2, 0) is 4.79 Å². The van der Waals surface area contributed by atoms with Crippen molar-refractivity contribution in [2.75, 3.05) is 13.1 Å². The minimum Gasteiger partial charge on any atom is -0.392 e. The molecule has 4 N–H and O–H groups in total. The van der Waals surface area contributed by atoms with Crippen LogP contribution in [0.1, 0.15) is 26.7 Å². The summed E-state index contributed by atoms with van der Waals surface area (Å²) in [5, 5.41) is 24.6. The summed E-state index contributed by atoms with van der Waals surface area (Å²) in [6.45, 7) is 4.70. The molecule has 0 aliphatic carbocycles. The number of hydrogen-bond acceptors (Lipinski definition) is 4. The largest absolute Gasteiger partial charge is 0.392 e. The van der Waals surface area contributed by atoms with E-state index in [0.717, 1.165) is 6.42 Å². The fourth-order valence-corrected chi connectivity index (χ4v) is 1.72. The van der Waals surface area contributed by atoms with Crippen LogP contribution in [0.2, 0.25) is 0 Å². The van der Waals surface area contributed by atoms with Crippen LogP contribution in [0.4, 0.5) is 0 Å². The molecule has 0 saturated carbocycles. The van der Waals surface area contributed by atoms with Crippen LogP contribution in [0.15, 0.2) is 0 Å². The zero-order chi connectivity index (χ0) is 12.1. The van der Waals surface area contributed by atoms with Gasteiger partial charge in [-0.1, -0.05) is 20.3 Å². The fraction of sp³-hybridized carbons (Fsp3) is 0.909. The van der Waals surface area contributed by atoms with Crippen molar-refractivity contribution in [3.63, 3.8) is 0 Å². The van der Waals surface area contributed by atoms with Gasteiger partial charge in [-0.05, 0) is 12.3 Å². The van der Waals surface area contributed by atoms with Crippen LogP contribution in [-0.4, -0.2) is 47.5 Å². The number of carbonyl (C=O) groups excluding carboxylic acids is 1. The Morgan fingerprint density at radius 3 is 2.71 bits per heavy atom. The average Bonchev–Trinajstić information content (AvgIpc) is 2.71. The van der Waals surface area contributed by atoms with Crippen molar-refractivity contribution in [1.82, 2.24) is 10.6 Å². The van der Waals surface area contributed by atoms with Gasteiger partial charge in [0.15, 0.2) is 0 Å². The summed E-state index contributed by atoms with van der Waals surface area (Å²) in [5.74, 6) is 0.0429. The molecule has 1 heterocycles. The Labute approximate surface area is 108 Å². The second-order valence-corrected chi connectivity index (χ2v) is 4.55. The smallest absolute Gasteiger partial charge is 0.237 e. The van der Waals surface area contributed by atoms with E-state index in [2.05, 4.69) is 10.6 Å². The molecule has 0 aromatic heterocycles. The fourth-order valence-electron chi connectivity index (χ4n) is 1.72. The van der Waals surface area contributed by atoms with Gasteiger partial charge in [0.05, 0.1) is 18.2 Å². The molecule has 1 aliphatic heterocycles. The summed E-state index contributed by atoms with van der Waals surface area (Å²) >= 11 is 0. The Balaban J connectivity index is 0.00000256. The van der Waals surface area contributed by atoms with E-state index in [0.29, 0.717) is 13.0 Å². The van der Waals surface area contributed by atoms with Gasteiger partial charge in [-0.2, -0.15) is 0 Å². The number of aliphatic hydroxyl groups is 2. The van der Waals surface area contributed by atoms with Crippen molar-refractivity contribution in [2.24, 2.45) is 5.92 Å². The molecule has 4 atom stereocenters. The van der Waals surface area contributed by atoms with Crippen molar-refractivity contribution in [1.29, 1.82) is 0 Å². The number of aliphatic hydroxyl groups excluding tert-OH is 2. The van der Waals surface area contributed by atoms with E-state index in [9.17, 15) is 15.0 Å². The van der Waals surface area contributed by atoms with Crippen LogP contribution < -0.4 is 10.6 Å². The number of amides is 1. The summed E-state index contributed by atoms with van der Waals surface area (Å²) < 4.78 is 0. The quantitative estimate of drug-likeness (QED) is 0.549. The molecule has 1 fully saturated rings. The molecule has 0 aromatic rings. The standard InChI is InChI=1S/C11H22N2O3.ClH/c1-3-7(2)10(15)6-13-11(16)9-4-8(14)5-12-9;/h7-10,12,14-15H,3-6H2,1-2H3,(H,13,16);1H. The molecule has 1 saturated heterocycles. The molecule has 1 amide bonds. The van der Waals surface area contributed by atoms with E-state index < -0.39 is 12.2 Å². The third-order valence-electron chi connectivity index (χ3n) is 3.21. The predicted molar refractivity (Wildman–Crippen MR) is 68.1 cm³/mol. The minimum atomic E-state index is -0.500. The van der Waals surface area contributed by atoms with E-state index in [4.69, 9.17) is 0 Å². The number of rotatable bonds is 5. The summed E-state index contributed by atoms with van der Waals surface area (Å²) in [6, 6.07) is -0.320. The summed E-state index contributed by atoms with van der Waals surface area (Å²) in [6.07, 6.45) is 0.401. The zero-order valence-electron chi connectivity index (χ0n) is 10.3. The topological polar surface area (TPSA) is 81.6 Å². The number of halogens is 1. The maximum absolute atomic E-state index is 11.6. The maximum atomic E-state index is 11.6. The third-order valence-corrected chi connectivity index (χ3v) is 3.21. The van der Waals surface area contributed by atoms with Crippen molar-refractivity contribution in [3.05, 3.63) is 0 Å². The maximum Gasteiger partial charge on any atom is 0.237 e. The highest BCUT2D eigenvalue weighted by Gasteiger charge is 2.28. The predicted octanol–water partition coefficient (Wildman–Crippen LogP) is -0.346. The zero-order valence-corrected chi connectivity index (χ0v) is 11.2. The Morgan fingerprint density at radius 2 is 2.24 bits per heavy atom. The highest BCUT2D eigenvalue weighted by Crippen LogP contribution is 2.08. The van der Waals surface area contributed by atoms with Gasteiger partial charge in [0.25, 0.3) is 0 Å². The molecule has 1 aliphatic rings. The highest BCUT2D eigenvalue weighted by molar-refractivity contribution is 5.85. The molecule has 6 heteroatoms. The minimum absolute atomic E-state index is 0. The molecule has 0 spiro atoms. The lowest BCUT2D eigenvalue weighted by Gasteiger charge is -2.19. The van der Waals surface area contributed by atoms with Gasteiger partial charge in [-0.25, -0.2) is 0 Å². The van der Waals surface area contributed by atoms with Gasteiger partial charge in [-0.3, -0.25) is 4.79 Å². The Hall–Kier alpha value is -0.360. The first-order valence-electron chi connectivity index (χ1n) is 5.91. The molecular weight excluding hydrogens is 244 g/mol. The van der Waals surface area contributed by atoms with Crippen LogP contribution in [0.25, 0.3) is 0 Å². The Bertz CT molecular complexity index is 241. The van der Waals surface area contributed by atoms with Crippen molar-refractivity contribution < 1.29 is 15.0 Å². The van der Waals surface area contributed by atoms with E-state index in [1.54, 1.807) is 0 Å². The van der Waals surface area contributed by atoms with Crippen molar-refractivity contribution in [3.8, 4) is 0 Å². The Morgan fingerprint density at radius 1 is 1.59 bits per heavy atom. The van der Waals surface area contributed by atoms with E-state index in [-0.39, 0.29) is 36.8 Å². The average molecular weight is 267 g/mol. The van der Waals surface area contributed by atoms with Crippen LogP contribution in [0, 0.1) is 5.92 Å². The molecule has 0 radical (unpaired) electrons. The van der Waals surface area contributed by atoms with Crippen LogP contribution >= 0.6 is 12.4 Å². The van der Waals surface area contributed by atoms with Gasteiger partial charge in [0.2, 0.25) is 5.91 Å². The molecule has 5 nitrogen and oxygen atoms in total. The molecular formula is C11H23ClN2O3.